The third-order valence-corrected chi connectivity index (χ3v) is 4.89. The Hall–Kier alpha value is -1.55. The standard InChI is InChI=1S/C17H24N2O2/c1-12(13-4-3-5-16(7-13)21-2)6-17(20)19-10-14-8-18-9-15(14)11-19/h3-5,7,12,14-15,18H,6,8-11H2,1-2H3/t12?,14-,15+. The van der Waals surface area contributed by atoms with Gasteiger partial charge in [0.05, 0.1) is 7.11 Å². The number of nitrogens with zero attached hydrogens (tertiary/aromatic N) is 1. The van der Waals surface area contributed by atoms with E-state index in [1.54, 1.807) is 7.11 Å². The fraction of sp³-hybridized carbons (Fsp3) is 0.588. The molecule has 2 heterocycles. The second kappa shape index (κ2) is 6.06. The molecule has 2 aliphatic rings. The molecule has 1 aromatic rings. The van der Waals surface area contributed by atoms with E-state index >= 15 is 0 Å². The number of ether oxygens (including phenoxy) is 1. The fourth-order valence-electron chi connectivity index (χ4n) is 3.52. The van der Waals surface area contributed by atoms with Gasteiger partial charge in [0.25, 0.3) is 0 Å². The van der Waals surface area contributed by atoms with Gasteiger partial charge in [-0.3, -0.25) is 4.79 Å². The molecular weight excluding hydrogens is 264 g/mol. The highest BCUT2D eigenvalue weighted by molar-refractivity contribution is 5.77. The number of amides is 1. The minimum atomic E-state index is 0.228. The van der Waals surface area contributed by atoms with E-state index in [2.05, 4.69) is 23.2 Å². The van der Waals surface area contributed by atoms with Crippen molar-refractivity contribution >= 4 is 5.91 Å². The number of likely N-dealkylation sites (tertiary alicyclic amines) is 1. The Morgan fingerprint density at radius 3 is 2.76 bits per heavy atom. The van der Waals surface area contributed by atoms with Gasteiger partial charge in [0, 0.05) is 32.6 Å². The summed E-state index contributed by atoms with van der Waals surface area (Å²) in [6.45, 7) is 6.12. The highest BCUT2D eigenvalue weighted by atomic mass is 16.5. The van der Waals surface area contributed by atoms with E-state index in [-0.39, 0.29) is 5.92 Å². The smallest absolute Gasteiger partial charge is 0.223 e. The number of fused-ring (bicyclic) bond motifs is 1. The molecule has 0 saturated carbocycles. The van der Waals surface area contributed by atoms with Crippen molar-refractivity contribution in [1.82, 2.24) is 10.2 Å². The number of hydrogen-bond acceptors (Lipinski definition) is 3. The molecule has 0 spiro atoms. The molecule has 3 atom stereocenters. The summed E-state index contributed by atoms with van der Waals surface area (Å²) in [6, 6.07) is 8.03. The van der Waals surface area contributed by atoms with E-state index in [0.29, 0.717) is 24.2 Å². The zero-order valence-corrected chi connectivity index (χ0v) is 12.8. The second-order valence-electron chi connectivity index (χ2n) is 6.36. The maximum absolute atomic E-state index is 12.5. The van der Waals surface area contributed by atoms with Crippen molar-refractivity contribution in [3.05, 3.63) is 29.8 Å². The molecular formula is C17H24N2O2. The number of hydrogen-bond donors (Lipinski definition) is 1. The minimum Gasteiger partial charge on any atom is -0.497 e. The van der Waals surface area contributed by atoms with Crippen molar-refractivity contribution in [2.45, 2.75) is 19.3 Å². The van der Waals surface area contributed by atoms with Gasteiger partial charge in [0.15, 0.2) is 0 Å². The maximum atomic E-state index is 12.5. The maximum Gasteiger partial charge on any atom is 0.223 e. The van der Waals surface area contributed by atoms with Gasteiger partial charge in [-0.15, -0.1) is 0 Å². The summed E-state index contributed by atoms with van der Waals surface area (Å²) < 4.78 is 5.26. The van der Waals surface area contributed by atoms with E-state index in [0.717, 1.165) is 31.9 Å². The van der Waals surface area contributed by atoms with Crippen LogP contribution in [0.1, 0.15) is 24.8 Å². The molecule has 3 rings (SSSR count). The topological polar surface area (TPSA) is 41.6 Å². The number of rotatable bonds is 4. The third kappa shape index (κ3) is 3.05. The minimum absolute atomic E-state index is 0.228. The summed E-state index contributed by atoms with van der Waals surface area (Å²) in [5.41, 5.74) is 1.17. The van der Waals surface area contributed by atoms with Gasteiger partial charge in [-0.1, -0.05) is 19.1 Å². The van der Waals surface area contributed by atoms with Crippen LogP contribution in [0.2, 0.25) is 0 Å². The Kier molecular flexibility index (Phi) is 4.15. The van der Waals surface area contributed by atoms with Crippen LogP contribution >= 0.6 is 0 Å². The summed E-state index contributed by atoms with van der Waals surface area (Å²) in [7, 11) is 1.67. The molecule has 114 valence electrons. The SMILES string of the molecule is COc1cccc(C(C)CC(=O)N2C[C@H]3CNC[C@H]3C2)c1. The van der Waals surface area contributed by atoms with Gasteiger partial charge in [-0.05, 0) is 35.4 Å². The van der Waals surface area contributed by atoms with Gasteiger partial charge in [-0.25, -0.2) is 0 Å². The highest BCUT2D eigenvalue weighted by Gasteiger charge is 2.38. The molecule has 2 saturated heterocycles. The molecule has 1 N–H and O–H groups in total. The van der Waals surface area contributed by atoms with E-state index in [1.165, 1.54) is 5.56 Å². The van der Waals surface area contributed by atoms with Crippen LogP contribution in [-0.4, -0.2) is 44.1 Å². The van der Waals surface area contributed by atoms with Gasteiger partial charge in [-0.2, -0.15) is 0 Å². The van der Waals surface area contributed by atoms with Crippen LogP contribution in [0.5, 0.6) is 5.75 Å². The fourth-order valence-corrected chi connectivity index (χ4v) is 3.52. The quantitative estimate of drug-likeness (QED) is 0.919. The largest absolute Gasteiger partial charge is 0.497 e. The molecule has 0 radical (unpaired) electrons. The van der Waals surface area contributed by atoms with Crippen molar-refractivity contribution in [1.29, 1.82) is 0 Å². The summed E-state index contributed by atoms with van der Waals surface area (Å²) in [6.07, 6.45) is 0.583. The Morgan fingerprint density at radius 1 is 1.38 bits per heavy atom. The van der Waals surface area contributed by atoms with Crippen LogP contribution in [0.4, 0.5) is 0 Å². The van der Waals surface area contributed by atoms with Crippen molar-refractivity contribution in [2.24, 2.45) is 11.8 Å². The van der Waals surface area contributed by atoms with Gasteiger partial charge < -0.3 is 15.0 Å². The lowest BCUT2D eigenvalue weighted by atomic mass is 9.97. The predicted octanol–water partition coefficient (Wildman–Crippen LogP) is 1.87. The molecule has 21 heavy (non-hydrogen) atoms. The van der Waals surface area contributed by atoms with Crippen molar-refractivity contribution < 1.29 is 9.53 Å². The van der Waals surface area contributed by atoms with Crippen LogP contribution in [0.3, 0.4) is 0 Å². The Bertz CT molecular complexity index is 505. The number of methoxy groups -OCH3 is 1. The van der Waals surface area contributed by atoms with Crippen LogP contribution < -0.4 is 10.1 Å². The predicted molar refractivity (Wildman–Crippen MR) is 82.5 cm³/mol. The molecule has 1 unspecified atom stereocenters. The van der Waals surface area contributed by atoms with Crippen molar-refractivity contribution in [3.63, 3.8) is 0 Å². The first kappa shape index (κ1) is 14.4. The molecule has 2 aliphatic heterocycles. The number of benzene rings is 1. The van der Waals surface area contributed by atoms with Crippen LogP contribution in [0.15, 0.2) is 24.3 Å². The molecule has 4 nitrogen and oxygen atoms in total. The molecule has 1 amide bonds. The lowest BCUT2D eigenvalue weighted by Gasteiger charge is -2.20. The molecule has 0 bridgehead atoms. The van der Waals surface area contributed by atoms with Gasteiger partial charge in [0.2, 0.25) is 5.91 Å². The summed E-state index contributed by atoms with van der Waals surface area (Å²) in [5, 5.41) is 3.41. The molecule has 0 aromatic heterocycles. The van der Waals surface area contributed by atoms with E-state index in [9.17, 15) is 4.79 Å². The number of nitrogens with one attached hydrogen (secondary N) is 1. The van der Waals surface area contributed by atoms with E-state index in [4.69, 9.17) is 4.74 Å². The van der Waals surface area contributed by atoms with Gasteiger partial charge in [0.1, 0.15) is 5.75 Å². The normalized spacial score (nSPS) is 25.7. The summed E-state index contributed by atoms with van der Waals surface area (Å²) in [4.78, 5) is 14.6. The molecule has 1 aromatic carbocycles. The zero-order chi connectivity index (χ0) is 14.8. The second-order valence-corrected chi connectivity index (χ2v) is 6.36. The van der Waals surface area contributed by atoms with Crippen LogP contribution in [-0.2, 0) is 4.79 Å². The van der Waals surface area contributed by atoms with E-state index < -0.39 is 0 Å². The summed E-state index contributed by atoms with van der Waals surface area (Å²) >= 11 is 0. The van der Waals surface area contributed by atoms with Crippen molar-refractivity contribution in [2.75, 3.05) is 33.3 Å². The lowest BCUT2D eigenvalue weighted by Crippen LogP contribution is -2.32. The first-order valence-corrected chi connectivity index (χ1v) is 7.80. The number of carbonyl (C=O) groups excluding carboxylic acids is 1. The Morgan fingerprint density at radius 2 is 2.10 bits per heavy atom. The first-order chi connectivity index (χ1) is 10.2. The van der Waals surface area contributed by atoms with Crippen LogP contribution in [0.25, 0.3) is 0 Å². The van der Waals surface area contributed by atoms with Gasteiger partial charge >= 0.3 is 0 Å². The molecule has 0 aliphatic carbocycles. The number of carbonyl (C=O) groups is 1. The average molecular weight is 288 g/mol. The Labute approximate surface area is 126 Å². The average Bonchev–Trinajstić information content (AvgIpc) is 3.08. The zero-order valence-electron chi connectivity index (χ0n) is 12.8. The first-order valence-electron chi connectivity index (χ1n) is 7.80. The van der Waals surface area contributed by atoms with Crippen LogP contribution in [0, 0.1) is 11.8 Å². The molecule has 4 heteroatoms. The van der Waals surface area contributed by atoms with E-state index in [1.807, 2.05) is 18.2 Å². The molecule has 2 fully saturated rings. The van der Waals surface area contributed by atoms with Crippen molar-refractivity contribution in [3.8, 4) is 5.75 Å². The lowest BCUT2D eigenvalue weighted by molar-refractivity contribution is -0.130. The third-order valence-electron chi connectivity index (χ3n) is 4.89. The monoisotopic (exact) mass is 288 g/mol. The highest BCUT2D eigenvalue weighted by Crippen LogP contribution is 2.29. The Balaban J connectivity index is 1.59. The summed E-state index contributed by atoms with van der Waals surface area (Å²) in [5.74, 6) is 2.71.